The van der Waals surface area contributed by atoms with Gasteiger partial charge in [-0.05, 0) is 33.5 Å². The zero-order valence-electron chi connectivity index (χ0n) is 13.0. The van der Waals surface area contributed by atoms with Crippen molar-refractivity contribution in [2.24, 2.45) is 7.05 Å². The van der Waals surface area contributed by atoms with Gasteiger partial charge < -0.3 is 10.6 Å². The molecule has 21 heavy (non-hydrogen) atoms. The minimum Gasteiger partial charge on any atom is -0.383 e. The Kier molecular flexibility index (Phi) is 3.77. The number of hydrogen-bond donors (Lipinski definition) is 1. The van der Waals surface area contributed by atoms with Gasteiger partial charge in [-0.2, -0.15) is 5.10 Å². The number of nitrogens with zero attached hydrogens (tertiary/aromatic N) is 6. The first-order valence-electron chi connectivity index (χ1n) is 7.37. The van der Waals surface area contributed by atoms with Gasteiger partial charge in [0.05, 0.1) is 18.1 Å². The van der Waals surface area contributed by atoms with Gasteiger partial charge in [-0.15, -0.1) is 0 Å². The van der Waals surface area contributed by atoms with Crippen LogP contribution in [-0.4, -0.2) is 62.8 Å². The molecule has 1 aliphatic heterocycles. The van der Waals surface area contributed by atoms with Crippen LogP contribution in [0.3, 0.4) is 0 Å². The maximum absolute atomic E-state index is 6.02. The van der Waals surface area contributed by atoms with Crippen molar-refractivity contribution < 1.29 is 0 Å². The fourth-order valence-electron chi connectivity index (χ4n) is 2.96. The van der Waals surface area contributed by atoms with E-state index in [0.29, 0.717) is 11.9 Å². The highest BCUT2D eigenvalue weighted by Gasteiger charge is 2.22. The molecule has 0 bridgehead atoms. The van der Waals surface area contributed by atoms with Gasteiger partial charge >= 0.3 is 0 Å². The summed E-state index contributed by atoms with van der Waals surface area (Å²) in [6.07, 6.45) is 4.19. The molecule has 1 saturated heterocycles. The zero-order chi connectivity index (χ0) is 15.0. The van der Waals surface area contributed by atoms with Crippen LogP contribution in [0.5, 0.6) is 0 Å². The van der Waals surface area contributed by atoms with Crippen LogP contribution in [0.4, 0.5) is 5.82 Å². The van der Waals surface area contributed by atoms with Crippen molar-refractivity contribution in [1.29, 1.82) is 0 Å². The minimum atomic E-state index is 0.518. The summed E-state index contributed by atoms with van der Waals surface area (Å²) in [6, 6.07) is 0.608. The molecule has 0 amide bonds. The van der Waals surface area contributed by atoms with Crippen molar-refractivity contribution >= 4 is 16.9 Å². The number of aryl methyl sites for hydroxylation is 1. The topological polar surface area (TPSA) is 76.1 Å². The van der Waals surface area contributed by atoms with Crippen molar-refractivity contribution in [1.82, 2.24) is 29.5 Å². The molecular formula is C14H23N7. The van der Waals surface area contributed by atoms with Crippen molar-refractivity contribution in [3.8, 4) is 0 Å². The van der Waals surface area contributed by atoms with Crippen LogP contribution in [-0.2, 0) is 13.6 Å². The van der Waals surface area contributed by atoms with Gasteiger partial charge in [0.25, 0.3) is 0 Å². The van der Waals surface area contributed by atoms with Crippen molar-refractivity contribution in [2.75, 3.05) is 32.9 Å². The van der Waals surface area contributed by atoms with E-state index in [4.69, 9.17) is 5.73 Å². The van der Waals surface area contributed by atoms with Crippen LogP contribution >= 0.6 is 0 Å². The normalized spacial score (nSPS) is 20.5. The SMILES string of the molecule is CN(C)C1CCCN(Cc2nc(N)c3cnn(C)c3n2)C1. The summed E-state index contributed by atoms with van der Waals surface area (Å²) in [5, 5.41) is 5.02. The summed E-state index contributed by atoms with van der Waals surface area (Å²) < 4.78 is 1.75. The maximum atomic E-state index is 6.02. The van der Waals surface area contributed by atoms with Crippen molar-refractivity contribution in [3.63, 3.8) is 0 Å². The number of piperidine rings is 1. The predicted octanol–water partition coefficient (Wildman–Crippen LogP) is 0.472. The van der Waals surface area contributed by atoms with Crippen LogP contribution < -0.4 is 5.73 Å². The molecule has 7 nitrogen and oxygen atoms in total. The molecule has 1 fully saturated rings. The number of anilines is 1. The molecule has 0 aromatic carbocycles. The number of nitrogens with two attached hydrogens (primary N) is 1. The highest BCUT2D eigenvalue weighted by atomic mass is 15.3. The Balaban J connectivity index is 1.79. The molecule has 1 atom stereocenters. The van der Waals surface area contributed by atoms with Crippen LogP contribution in [0.2, 0.25) is 0 Å². The van der Waals surface area contributed by atoms with E-state index in [1.165, 1.54) is 12.8 Å². The Morgan fingerprint density at radius 1 is 1.38 bits per heavy atom. The first-order valence-corrected chi connectivity index (χ1v) is 7.37. The summed E-state index contributed by atoms with van der Waals surface area (Å²) >= 11 is 0. The van der Waals surface area contributed by atoms with Gasteiger partial charge in [0.1, 0.15) is 11.6 Å². The lowest BCUT2D eigenvalue weighted by atomic mass is 10.1. The van der Waals surface area contributed by atoms with E-state index in [1.807, 2.05) is 7.05 Å². The number of fused-ring (bicyclic) bond motifs is 1. The average molecular weight is 289 g/mol. The van der Waals surface area contributed by atoms with E-state index in [-0.39, 0.29) is 0 Å². The number of aromatic nitrogens is 4. The van der Waals surface area contributed by atoms with Crippen molar-refractivity contribution in [2.45, 2.75) is 25.4 Å². The molecule has 1 unspecified atom stereocenters. The third kappa shape index (κ3) is 2.84. The van der Waals surface area contributed by atoms with Crippen LogP contribution in [0.25, 0.3) is 11.0 Å². The monoisotopic (exact) mass is 289 g/mol. The largest absolute Gasteiger partial charge is 0.383 e. The molecule has 2 aromatic heterocycles. The molecule has 7 heteroatoms. The van der Waals surface area contributed by atoms with Gasteiger partial charge in [-0.25, -0.2) is 9.97 Å². The zero-order valence-corrected chi connectivity index (χ0v) is 13.0. The van der Waals surface area contributed by atoms with Crippen LogP contribution in [0.15, 0.2) is 6.20 Å². The molecule has 0 spiro atoms. The maximum Gasteiger partial charge on any atom is 0.163 e. The van der Waals surface area contributed by atoms with Gasteiger partial charge in [0, 0.05) is 19.6 Å². The highest BCUT2D eigenvalue weighted by Crippen LogP contribution is 2.19. The van der Waals surface area contributed by atoms with Crippen LogP contribution in [0, 0.1) is 0 Å². The molecule has 0 aliphatic carbocycles. The third-order valence-corrected chi connectivity index (χ3v) is 4.24. The van der Waals surface area contributed by atoms with Gasteiger partial charge in [0.15, 0.2) is 5.65 Å². The van der Waals surface area contributed by atoms with E-state index in [2.05, 4.69) is 39.0 Å². The Morgan fingerprint density at radius 2 is 2.19 bits per heavy atom. The summed E-state index contributed by atoms with van der Waals surface area (Å²) in [6.45, 7) is 2.90. The summed E-state index contributed by atoms with van der Waals surface area (Å²) in [5.41, 5.74) is 6.82. The number of likely N-dealkylation sites (tertiary alicyclic amines) is 1. The number of hydrogen-bond acceptors (Lipinski definition) is 6. The summed E-state index contributed by atoms with van der Waals surface area (Å²) in [4.78, 5) is 13.8. The standard InChI is InChI=1S/C14H23N7/c1-19(2)10-5-4-6-21(8-10)9-12-17-13(15)11-7-16-20(3)14(11)18-12/h7,10H,4-6,8-9H2,1-3H3,(H2,15,17,18). The number of likely N-dealkylation sites (N-methyl/N-ethyl adjacent to an activating group) is 1. The predicted molar refractivity (Wildman–Crippen MR) is 82.7 cm³/mol. The molecule has 3 heterocycles. The Hall–Kier alpha value is -1.73. The quantitative estimate of drug-likeness (QED) is 0.885. The molecule has 0 saturated carbocycles. The first kappa shape index (κ1) is 14.2. The van der Waals surface area contributed by atoms with Crippen LogP contribution in [0.1, 0.15) is 18.7 Å². The number of rotatable bonds is 3. The van der Waals surface area contributed by atoms with Gasteiger partial charge in [-0.1, -0.05) is 0 Å². The smallest absolute Gasteiger partial charge is 0.163 e. The fraction of sp³-hybridized carbons (Fsp3) is 0.643. The second kappa shape index (κ2) is 5.57. The van der Waals surface area contributed by atoms with E-state index in [0.717, 1.165) is 36.5 Å². The molecule has 2 aromatic rings. The molecular weight excluding hydrogens is 266 g/mol. The molecule has 114 valence electrons. The fourth-order valence-corrected chi connectivity index (χ4v) is 2.96. The van der Waals surface area contributed by atoms with Gasteiger partial charge in [-0.3, -0.25) is 9.58 Å². The summed E-state index contributed by atoms with van der Waals surface area (Å²) in [5.74, 6) is 1.30. The van der Waals surface area contributed by atoms with Gasteiger partial charge in [0.2, 0.25) is 0 Å². The Labute approximate surface area is 124 Å². The molecule has 0 radical (unpaired) electrons. The Morgan fingerprint density at radius 3 is 2.95 bits per heavy atom. The average Bonchev–Trinajstić information content (AvgIpc) is 2.81. The lowest BCUT2D eigenvalue weighted by Gasteiger charge is -2.35. The first-order chi connectivity index (χ1) is 10.0. The molecule has 1 aliphatic rings. The third-order valence-electron chi connectivity index (χ3n) is 4.24. The molecule has 3 rings (SSSR count). The highest BCUT2D eigenvalue weighted by molar-refractivity contribution is 5.84. The van der Waals surface area contributed by atoms with Crippen molar-refractivity contribution in [3.05, 3.63) is 12.0 Å². The molecule has 2 N–H and O–H groups in total. The lowest BCUT2D eigenvalue weighted by Crippen LogP contribution is -2.44. The minimum absolute atomic E-state index is 0.518. The van der Waals surface area contributed by atoms with E-state index < -0.39 is 0 Å². The van der Waals surface area contributed by atoms with E-state index in [9.17, 15) is 0 Å². The number of nitrogen functional groups attached to an aromatic ring is 1. The second-order valence-corrected chi connectivity index (χ2v) is 6.03. The summed E-state index contributed by atoms with van der Waals surface area (Å²) in [7, 11) is 6.16. The van der Waals surface area contributed by atoms with E-state index in [1.54, 1.807) is 10.9 Å². The second-order valence-electron chi connectivity index (χ2n) is 6.03. The Bertz CT molecular complexity index is 634. The lowest BCUT2D eigenvalue weighted by molar-refractivity contribution is 0.126. The van der Waals surface area contributed by atoms with E-state index >= 15 is 0 Å².